The zero-order valence-electron chi connectivity index (χ0n) is 13.5. The molecule has 4 nitrogen and oxygen atoms in total. The Morgan fingerprint density at radius 3 is 2.60 bits per heavy atom. The lowest BCUT2D eigenvalue weighted by Crippen LogP contribution is -2.37. The van der Waals surface area contributed by atoms with Crippen molar-refractivity contribution in [1.29, 1.82) is 0 Å². The van der Waals surface area contributed by atoms with Crippen molar-refractivity contribution in [2.75, 3.05) is 19.6 Å². The molecule has 1 fully saturated rings. The number of hydrogen-bond donors (Lipinski definition) is 1. The van der Waals surface area contributed by atoms with Crippen LogP contribution in [0.25, 0.3) is 0 Å². The topological polar surface area (TPSA) is 33.1 Å². The molecule has 0 saturated carbocycles. The van der Waals surface area contributed by atoms with E-state index >= 15 is 0 Å². The summed E-state index contributed by atoms with van der Waals surface area (Å²) in [5, 5.41) is 3.56. The first kappa shape index (κ1) is 15.5. The number of imidazole rings is 1. The summed E-state index contributed by atoms with van der Waals surface area (Å²) in [4.78, 5) is 6.95. The van der Waals surface area contributed by atoms with Crippen molar-refractivity contribution in [3.63, 3.8) is 0 Å². The fourth-order valence-electron chi connectivity index (χ4n) is 2.89. The van der Waals surface area contributed by atoms with Crippen molar-refractivity contribution in [2.24, 2.45) is 0 Å². The molecule has 1 N–H and O–H groups in total. The van der Waals surface area contributed by atoms with E-state index in [9.17, 15) is 0 Å². The summed E-state index contributed by atoms with van der Waals surface area (Å²) >= 11 is 0. The van der Waals surface area contributed by atoms with E-state index in [2.05, 4.69) is 47.5 Å². The molecule has 0 atom stereocenters. The van der Waals surface area contributed by atoms with Crippen LogP contribution >= 0.6 is 0 Å². The average Bonchev–Trinajstić information content (AvgIpc) is 2.85. The summed E-state index contributed by atoms with van der Waals surface area (Å²) in [6.07, 6.45) is 7.78. The number of aromatic nitrogens is 2. The van der Waals surface area contributed by atoms with Crippen molar-refractivity contribution < 1.29 is 0 Å². The highest BCUT2D eigenvalue weighted by atomic mass is 15.2. The molecule has 2 heterocycles. The Balaban J connectivity index is 1.92. The highest BCUT2D eigenvalue weighted by Crippen LogP contribution is 2.24. The Hall–Kier alpha value is -0.870. The molecule has 1 aromatic rings. The van der Waals surface area contributed by atoms with Gasteiger partial charge in [-0.3, -0.25) is 0 Å². The number of rotatable bonds is 5. The first-order valence-electron chi connectivity index (χ1n) is 7.97. The minimum Gasteiger partial charge on any atom is -0.330 e. The Morgan fingerprint density at radius 2 is 2.00 bits per heavy atom. The predicted molar refractivity (Wildman–Crippen MR) is 83.8 cm³/mol. The molecule has 0 radical (unpaired) electrons. The summed E-state index contributed by atoms with van der Waals surface area (Å²) in [6.45, 7) is 13.5. The van der Waals surface area contributed by atoms with Gasteiger partial charge in [-0.15, -0.1) is 0 Å². The molecule has 0 aromatic carbocycles. The van der Waals surface area contributed by atoms with E-state index in [1.54, 1.807) is 0 Å². The van der Waals surface area contributed by atoms with Gasteiger partial charge in [-0.25, -0.2) is 4.98 Å². The number of piperidine rings is 1. The highest BCUT2D eigenvalue weighted by Gasteiger charge is 2.21. The number of likely N-dealkylation sites (tertiary alicyclic amines) is 1. The van der Waals surface area contributed by atoms with Crippen LogP contribution in [-0.4, -0.2) is 39.6 Å². The summed E-state index contributed by atoms with van der Waals surface area (Å²) in [7, 11) is 0. The first-order chi connectivity index (χ1) is 9.49. The second-order valence-corrected chi connectivity index (χ2v) is 6.97. The summed E-state index contributed by atoms with van der Waals surface area (Å²) in [6, 6.07) is 0.627. The SMILES string of the molecule is CCCN1CCC(n2cncc2CNC(C)(C)C)CC1. The van der Waals surface area contributed by atoms with Gasteiger partial charge in [0.15, 0.2) is 0 Å². The van der Waals surface area contributed by atoms with Crippen LogP contribution in [0.1, 0.15) is 58.7 Å². The average molecular weight is 278 g/mol. The minimum absolute atomic E-state index is 0.152. The van der Waals surface area contributed by atoms with Gasteiger partial charge in [0.1, 0.15) is 0 Å². The maximum atomic E-state index is 4.36. The Bertz CT molecular complexity index is 397. The van der Waals surface area contributed by atoms with Crippen LogP contribution in [0.3, 0.4) is 0 Å². The monoisotopic (exact) mass is 278 g/mol. The van der Waals surface area contributed by atoms with Crippen LogP contribution in [-0.2, 0) is 6.54 Å². The van der Waals surface area contributed by atoms with Crippen molar-refractivity contribution in [3.8, 4) is 0 Å². The van der Waals surface area contributed by atoms with E-state index in [-0.39, 0.29) is 5.54 Å². The Labute approximate surface area is 123 Å². The molecule has 0 bridgehead atoms. The molecular formula is C16H30N4. The van der Waals surface area contributed by atoms with Crippen LogP contribution in [0.2, 0.25) is 0 Å². The number of nitrogens with zero attached hydrogens (tertiary/aromatic N) is 3. The van der Waals surface area contributed by atoms with Gasteiger partial charge in [0.05, 0.1) is 12.0 Å². The third-order valence-electron chi connectivity index (χ3n) is 4.04. The molecule has 0 spiro atoms. The summed E-state index contributed by atoms with van der Waals surface area (Å²) in [5.41, 5.74) is 1.47. The molecule has 1 aromatic heterocycles. The van der Waals surface area contributed by atoms with E-state index in [4.69, 9.17) is 0 Å². The van der Waals surface area contributed by atoms with Gasteiger partial charge in [-0.1, -0.05) is 6.92 Å². The van der Waals surface area contributed by atoms with Crippen molar-refractivity contribution in [3.05, 3.63) is 18.2 Å². The largest absolute Gasteiger partial charge is 0.330 e. The molecule has 0 unspecified atom stereocenters. The van der Waals surface area contributed by atoms with E-state index in [1.165, 1.54) is 44.6 Å². The fraction of sp³-hybridized carbons (Fsp3) is 0.812. The van der Waals surface area contributed by atoms with E-state index in [0.29, 0.717) is 6.04 Å². The van der Waals surface area contributed by atoms with Crippen LogP contribution < -0.4 is 5.32 Å². The van der Waals surface area contributed by atoms with Gasteiger partial charge < -0.3 is 14.8 Å². The summed E-state index contributed by atoms with van der Waals surface area (Å²) in [5.74, 6) is 0. The predicted octanol–water partition coefficient (Wildman–Crippen LogP) is 2.82. The Kier molecular flexibility index (Phi) is 5.22. The van der Waals surface area contributed by atoms with E-state index in [0.717, 1.165) is 6.54 Å². The molecule has 1 saturated heterocycles. The molecule has 0 aliphatic carbocycles. The quantitative estimate of drug-likeness (QED) is 0.899. The Morgan fingerprint density at radius 1 is 1.30 bits per heavy atom. The van der Waals surface area contributed by atoms with Gasteiger partial charge in [0.2, 0.25) is 0 Å². The highest BCUT2D eigenvalue weighted by molar-refractivity contribution is 5.02. The van der Waals surface area contributed by atoms with E-state index in [1.807, 2.05) is 12.5 Å². The zero-order chi connectivity index (χ0) is 14.6. The van der Waals surface area contributed by atoms with Gasteiger partial charge in [-0.05, 0) is 46.6 Å². The third-order valence-corrected chi connectivity index (χ3v) is 4.04. The second-order valence-electron chi connectivity index (χ2n) is 6.97. The van der Waals surface area contributed by atoms with Gasteiger partial charge in [0, 0.05) is 37.4 Å². The lowest BCUT2D eigenvalue weighted by Gasteiger charge is -2.33. The first-order valence-corrected chi connectivity index (χ1v) is 7.97. The second kappa shape index (κ2) is 6.72. The fourth-order valence-corrected chi connectivity index (χ4v) is 2.89. The summed E-state index contributed by atoms with van der Waals surface area (Å²) < 4.78 is 2.39. The van der Waals surface area contributed by atoms with Crippen molar-refractivity contribution in [2.45, 2.75) is 65.1 Å². The van der Waals surface area contributed by atoms with E-state index < -0.39 is 0 Å². The molecule has 20 heavy (non-hydrogen) atoms. The molecule has 4 heteroatoms. The van der Waals surface area contributed by atoms with Crippen LogP contribution in [0.15, 0.2) is 12.5 Å². The van der Waals surface area contributed by atoms with Crippen LogP contribution in [0.4, 0.5) is 0 Å². The van der Waals surface area contributed by atoms with Crippen LogP contribution in [0, 0.1) is 0 Å². The van der Waals surface area contributed by atoms with Crippen molar-refractivity contribution in [1.82, 2.24) is 19.8 Å². The molecule has 0 amide bonds. The van der Waals surface area contributed by atoms with Gasteiger partial charge >= 0.3 is 0 Å². The van der Waals surface area contributed by atoms with Gasteiger partial charge in [-0.2, -0.15) is 0 Å². The molecule has 1 aliphatic heterocycles. The smallest absolute Gasteiger partial charge is 0.0951 e. The lowest BCUT2D eigenvalue weighted by molar-refractivity contribution is 0.185. The standard InChI is InChI=1S/C16H30N4/c1-5-8-19-9-6-14(7-10-19)20-13-17-11-15(20)12-18-16(2,3)4/h11,13-14,18H,5-10,12H2,1-4H3. The molecule has 1 aliphatic rings. The molecular weight excluding hydrogens is 248 g/mol. The molecule has 2 rings (SSSR count). The van der Waals surface area contributed by atoms with Gasteiger partial charge in [0.25, 0.3) is 0 Å². The normalized spacial score (nSPS) is 18.6. The zero-order valence-corrected chi connectivity index (χ0v) is 13.5. The van der Waals surface area contributed by atoms with Crippen LogP contribution in [0.5, 0.6) is 0 Å². The van der Waals surface area contributed by atoms with Crippen molar-refractivity contribution >= 4 is 0 Å². The number of hydrogen-bond acceptors (Lipinski definition) is 3. The lowest BCUT2D eigenvalue weighted by atomic mass is 10.0. The maximum Gasteiger partial charge on any atom is 0.0951 e. The number of nitrogens with one attached hydrogen (secondary N) is 1. The third kappa shape index (κ3) is 4.32. The minimum atomic E-state index is 0.152. The maximum absolute atomic E-state index is 4.36. The molecule has 114 valence electrons.